The van der Waals surface area contributed by atoms with Crippen LogP contribution in [0.5, 0.6) is 0 Å². The minimum Gasteiger partial charge on any atom is -0.310 e. The van der Waals surface area contributed by atoms with Gasteiger partial charge in [-0.15, -0.1) is 0 Å². The Morgan fingerprint density at radius 3 is 2.50 bits per heavy atom. The van der Waals surface area contributed by atoms with Gasteiger partial charge in [0.2, 0.25) is 0 Å². The highest BCUT2D eigenvalue weighted by molar-refractivity contribution is 6.30. The molecule has 1 N–H and O–H groups in total. The van der Waals surface area contributed by atoms with Gasteiger partial charge in [0.15, 0.2) is 5.82 Å². The molecule has 0 spiro atoms. The van der Waals surface area contributed by atoms with Crippen molar-refractivity contribution in [3.63, 3.8) is 0 Å². The van der Waals surface area contributed by atoms with E-state index in [4.69, 9.17) is 11.6 Å². The van der Waals surface area contributed by atoms with Gasteiger partial charge in [-0.25, -0.2) is 9.97 Å². The van der Waals surface area contributed by atoms with Crippen LogP contribution in [0.3, 0.4) is 0 Å². The summed E-state index contributed by atoms with van der Waals surface area (Å²) in [5.74, 6) is 0.748. The number of nitrogens with zero attached hydrogens (tertiary/aromatic N) is 2. The standard InChI is InChI=1S/C16H18ClN3/c1-10-15(9-18-14-6-7-14)11(2)20-16(19-10)12-4-3-5-13(17)8-12/h3-5,8,14,18H,6-7,9H2,1-2H3. The number of aromatic nitrogens is 2. The number of benzene rings is 1. The van der Waals surface area contributed by atoms with Crippen molar-refractivity contribution in [1.82, 2.24) is 15.3 Å². The molecular weight excluding hydrogens is 270 g/mol. The predicted molar refractivity (Wildman–Crippen MR) is 81.8 cm³/mol. The maximum atomic E-state index is 6.03. The van der Waals surface area contributed by atoms with Crippen LogP contribution in [0, 0.1) is 13.8 Å². The van der Waals surface area contributed by atoms with Gasteiger partial charge in [-0.05, 0) is 38.8 Å². The first kappa shape index (κ1) is 13.5. The molecule has 104 valence electrons. The van der Waals surface area contributed by atoms with E-state index in [9.17, 15) is 0 Å². The second kappa shape index (κ2) is 5.51. The van der Waals surface area contributed by atoms with Gasteiger partial charge < -0.3 is 5.32 Å². The molecule has 20 heavy (non-hydrogen) atoms. The lowest BCUT2D eigenvalue weighted by atomic mass is 10.1. The highest BCUT2D eigenvalue weighted by Crippen LogP contribution is 2.23. The van der Waals surface area contributed by atoms with Crippen molar-refractivity contribution >= 4 is 11.6 Å². The van der Waals surface area contributed by atoms with Crippen LogP contribution >= 0.6 is 11.6 Å². The fourth-order valence-electron chi connectivity index (χ4n) is 2.29. The van der Waals surface area contributed by atoms with Gasteiger partial charge in [-0.1, -0.05) is 23.7 Å². The number of hydrogen-bond acceptors (Lipinski definition) is 3. The zero-order valence-electron chi connectivity index (χ0n) is 11.8. The van der Waals surface area contributed by atoms with Crippen molar-refractivity contribution in [3.8, 4) is 11.4 Å². The van der Waals surface area contributed by atoms with Gasteiger partial charge in [0.05, 0.1) is 0 Å². The molecule has 0 bridgehead atoms. The molecule has 4 heteroatoms. The van der Waals surface area contributed by atoms with E-state index < -0.39 is 0 Å². The van der Waals surface area contributed by atoms with Crippen molar-refractivity contribution in [2.24, 2.45) is 0 Å². The zero-order chi connectivity index (χ0) is 14.1. The van der Waals surface area contributed by atoms with E-state index in [1.165, 1.54) is 18.4 Å². The zero-order valence-corrected chi connectivity index (χ0v) is 12.5. The molecule has 1 aromatic carbocycles. The number of rotatable bonds is 4. The van der Waals surface area contributed by atoms with Crippen LogP contribution in [0.2, 0.25) is 5.02 Å². The molecule has 0 aliphatic heterocycles. The SMILES string of the molecule is Cc1nc(-c2cccc(Cl)c2)nc(C)c1CNC1CC1. The van der Waals surface area contributed by atoms with Gasteiger partial charge in [-0.3, -0.25) is 0 Å². The third-order valence-electron chi connectivity index (χ3n) is 3.65. The fourth-order valence-corrected chi connectivity index (χ4v) is 2.48. The maximum Gasteiger partial charge on any atom is 0.159 e. The number of aryl methyl sites for hydroxylation is 2. The molecular formula is C16H18ClN3. The normalized spacial score (nSPS) is 14.6. The van der Waals surface area contributed by atoms with E-state index in [1.54, 1.807) is 0 Å². The number of halogens is 1. The van der Waals surface area contributed by atoms with Gasteiger partial charge in [0.1, 0.15) is 0 Å². The largest absolute Gasteiger partial charge is 0.310 e. The van der Waals surface area contributed by atoms with Gasteiger partial charge >= 0.3 is 0 Å². The Morgan fingerprint density at radius 1 is 1.20 bits per heavy atom. The first-order valence-corrected chi connectivity index (χ1v) is 7.35. The topological polar surface area (TPSA) is 37.8 Å². The summed E-state index contributed by atoms with van der Waals surface area (Å²) in [4.78, 5) is 9.27. The van der Waals surface area contributed by atoms with E-state index in [0.717, 1.165) is 29.3 Å². The average Bonchev–Trinajstić information content (AvgIpc) is 3.21. The molecule has 0 amide bonds. The Balaban J connectivity index is 1.90. The van der Waals surface area contributed by atoms with Crippen molar-refractivity contribution in [2.45, 2.75) is 39.3 Å². The van der Waals surface area contributed by atoms with Crippen molar-refractivity contribution in [3.05, 3.63) is 46.2 Å². The van der Waals surface area contributed by atoms with Gasteiger partial charge in [0.25, 0.3) is 0 Å². The average molecular weight is 288 g/mol. The Kier molecular flexibility index (Phi) is 3.72. The monoisotopic (exact) mass is 287 g/mol. The molecule has 1 aliphatic rings. The first-order valence-electron chi connectivity index (χ1n) is 6.97. The second-order valence-corrected chi connectivity index (χ2v) is 5.80. The lowest BCUT2D eigenvalue weighted by Crippen LogP contribution is -2.18. The smallest absolute Gasteiger partial charge is 0.159 e. The van der Waals surface area contributed by atoms with Gasteiger partial charge in [0, 0.05) is 40.1 Å². The lowest BCUT2D eigenvalue weighted by Gasteiger charge is -2.11. The van der Waals surface area contributed by atoms with Crippen molar-refractivity contribution in [2.75, 3.05) is 0 Å². The predicted octanol–water partition coefficient (Wildman–Crippen LogP) is 3.67. The van der Waals surface area contributed by atoms with Crippen LogP contribution in [-0.2, 0) is 6.54 Å². The highest BCUT2D eigenvalue weighted by atomic mass is 35.5. The summed E-state index contributed by atoms with van der Waals surface area (Å²) in [6, 6.07) is 8.37. The van der Waals surface area contributed by atoms with E-state index >= 15 is 0 Å². The third kappa shape index (κ3) is 3.00. The van der Waals surface area contributed by atoms with Crippen LogP contribution in [-0.4, -0.2) is 16.0 Å². The van der Waals surface area contributed by atoms with Gasteiger partial charge in [-0.2, -0.15) is 0 Å². The summed E-state index contributed by atoms with van der Waals surface area (Å²) in [6.07, 6.45) is 2.58. The van der Waals surface area contributed by atoms with Crippen LogP contribution in [0.1, 0.15) is 29.8 Å². The molecule has 1 aromatic heterocycles. The molecule has 1 heterocycles. The molecule has 3 nitrogen and oxygen atoms in total. The Morgan fingerprint density at radius 2 is 1.90 bits per heavy atom. The quantitative estimate of drug-likeness (QED) is 0.932. The summed E-state index contributed by atoms with van der Waals surface area (Å²) in [5.41, 5.74) is 4.26. The van der Waals surface area contributed by atoms with Crippen LogP contribution in [0.15, 0.2) is 24.3 Å². The van der Waals surface area contributed by atoms with Crippen LogP contribution in [0.4, 0.5) is 0 Å². The Labute approximate surface area is 124 Å². The summed E-state index contributed by atoms with van der Waals surface area (Å²) >= 11 is 6.03. The molecule has 2 aromatic rings. The van der Waals surface area contributed by atoms with Crippen molar-refractivity contribution in [1.29, 1.82) is 0 Å². The molecule has 1 aliphatic carbocycles. The van der Waals surface area contributed by atoms with Crippen LogP contribution in [0.25, 0.3) is 11.4 Å². The lowest BCUT2D eigenvalue weighted by molar-refractivity contribution is 0.675. The van der Waals surface area contributed by atoms with Crippen molar-refractivity contribution < 1.29 is 0 Å². The van der Waals surface area contributed by atoms with E-state index in [-0.39, 0.29) is 0 Å². The third-order valence-corrected chi connectivity index (χ3v) is 3.88. The van der Waals surface area contributed by atoms with E-state index in [2.05, 4.69) is 15.3 Å². The fraction of sp³-hybridized carbons (Fsp3) is 0.375. The Bertz CT molecular complexity index is 612. The summed E-state index contributed by atoms with van der Waals surface area (Å²) in [5, 5.41) is 4.23. The van der Waals surface area contributed by atoms with E-state index in [0.29, 0.717) is 11.1 Å². The number of hydrogen-bond donors (Lipinski definition) is 1. The highest BCUT2D eigenvalue weighted by Gasteiger charge is 2.21. The minimum absolute atomic E-state index is 0.696. The molecule has 0 unspecified atom stereocenters. The van der Waals surface area contributed by atoms with E-state index in [1.807, 2.05) is 38.1 Å². The summed E-state index contributed by atoms with van der Waals surface area (Å²) in [6.45, 7) is 4.96. The molecule has 1 saturated carbocycles. The first-order chi connectivity index (χ1) is 9.63. The molecule has 1 fully saturated rings. The maximum absolute atomic E-state index is 6.03. The Hall–Kier alpha value is -1.45. The molecule has 0 radical (unpaired) electrons. The number of nitrogens with one attached hydrogen (secondary N) is 1. The summed E-state index contributed by atoms with van der Waals surface area (Å²) in [7, 11) is 0. The van der Waals surface area contributed by atoms with Crippen LogP contribution < -0.4 is 5.32 Å². The minimum atomic E-state index is 0.696. The molecule has 3 rings (SSSR count). The summed E-state index contributed by atoms with van der Waals surface area (Å²) < 4.78 is 0. The second-order valence-electron chi connectivity index (χ2n) is 5.36. The molecule has 0 saturated heterocycles. The molecule has 0 atom stereocenters.